The Balaban J connectivity index is 1.64. The zero-order valence-electron chi connectivity index (χ0n) is 13.8. The summed E-state index contributed by atoms with van der Waals surface area (Å²) < 4.78 is 4.90. The third-order valence-electron chi connectivity index (χ3n) is 5.24. The third-order valence-corrected chi connectivity index (χ3v) is 6.47. The lowest BCUT2D eigenvalue weighted by molar-refractivity contribution is -0.157. The first-order chi connectivity index (χ1) is 11.1. The summed E-state index contributed by atoms with van der Waals surface area (Å²) in [6.07, 6.45) is 9.85. The molecule has 4 nitrogen and oxygen atoms in total. The highest BCUT2D eigenvalue weighted by molar-refractivity contribution is 7.14. The number of thiophene rings is 1. The second-order valence-electron chi connectivity index (χ2n) is 6.78. The highest BCUT2D eigenvalue weighted by Crippen LogP contribution is 2.41. The molecule has 126 valence electrons. The lowest BCUT2D eigenvalue weighted by atomic mass is 9.68. The first kappa shape index (κ1) is 16.5. The minimum atomic E-state index is -0.490. The SMILES string of the molecule is COC(=O)C1(CNC(=O)c2cc3c(s2)CCCCCC3)CCC1. The van der Waals surface area contributed by atoms with Crippen molar-refractivity contribution in [1.82, 2.24) is 5.32 Å². The summed E-state index contributed by atoms with van der Waals surface area (Å²) in [5.74, 6) is -0.237. The van der Waals surface area contributed by atoms with Crippen molar-refractivity contribution in [1.29, 1.82) is 0 Å². The number of hydrogen-bond acceptors (Lipinski definition) is 4. The highest BCUT2D eigenvalue weighted by atomic mass is 32.1. The van der Waals surface area contributed by atoms with Gasteiger partial charge in [0.1, 0.15) is 0 Å². The predicted molar refractivity (Wildman–Crippen MR) is 90.8 cm³/mol. The number of rotatable bonds is 4. The van der Waals surface area contributed by atoms with Gasteiger partial charge in [-0.1, -0.05) is 19.3 Å². The lowest BCUT2D eigenvalue weighted by Crippen LogP contribution is -2.48. The van der Waals surface area contributed by atoms with Crippen LogP contribution in [0.15, 0.2) is 6.07 Å². The molecular formula is C18H25NO3S. The van der Waals surface area contributed by atoms with Gasteiger partial charge in [0.2, 0.25) is 0 Å². The predicted octanol–water partition coefficient (Wildman–Crippen LogP) is 3.48. The van der Waals surface area contributed by atoms with Crippen LogP contribution in [0, 0.1) is 5.41 Å². The standard InChI is InChI=1S/C18H25NO3S/c1-22-17(21)18(9-6-10-18)12-19-16(20)15-11-13-7-4-2-3-5-8-14(13)23-15/h11H,2-10,12H2,1H3,(H,19,20). The topological polar surface area (TPSA) is 55.4 Å². The van der Waals surface area contributed by atoms with E-state index in [1.54, 1.807) is 11.3 Å². The van der Waals surface area contributed by atoms with Gasteiger partial charge >= 0.3 is 5.97 Å². The fourth-order valence-corrected chi connectivity index (χ4v) is 4.74. The number of carbonyl (C=O) groups excluding carboxylic acids is 2. The Labute approximate surface area is 141 Å². The molecule has 0 saturated heterocycles. The molecule has 1 aromatic rings. The molecule has 3 rings (SSSR count). The van der Waals surface area contributed by atoms with E-state index in [1.165, 1.54) is 43.2 Å². The summed E-state index contributed by atoms with van der Waals surface area (Å²) >= 11 is 1.63. The third kappa shape index (κ3) is 3.44. The number of nitrogens with one attached hydrogen (secondary N) is 1. The van der Waals surface area contributed by atoms with E-state index in [4.69, 9.17) is 4.74 Å². The fourth-order valence-electron chi connectivity index (χ4n) is 3.57. The van der Waals surface area contributed by atoms with Crippen molar-refractivity contribution in [2.75, 3.05) is 13.7 Å². The van der Waals surface area contributed by atoms with Gasteiger partial charge in [0.05, 0.1) is 17.4 Å². The number of fused-ring (bicyclic) bond motifs is 1. The van der Waals surface area contributed by atoms with E-state index in [0.717, 1.165) is 37.0 Å². The summed E-state index contributed by atoms with van der Waals surface area (Å²) in [5, 5.41) is 2.97. The molecule has 1 saturated carbocycles. The number of esters is 1. The molecule has 1 heterocycles. The van der Waals surface area contributed by atoms with Gasteiger partial charge in [-0.05, 0) is 50.2 Å². The largest absolute Gasteiger partial charge is 0.469 e. The Hall–Kier alpha value is -1.36. The molecule has 1 N–H and O–H groups in total. The van der Waals surface area contributed by atoms with Gasteiger partial charge in [0, 0.05) is 11.4 Å². The average Bonchev–Trinajstić information content (AvgIpc) is 2.88. The van der Waals surface area contributed by atoms with Crippen LogP contribution in [0.1, 0.15) is 65.1 Å². The van der Waals surface area contributed by atoms with E-state index in [1.807, 2.05) is 0 Å². The van der Waals surface area contributed by atoms with E-state index >= 15 is 0 Å². The molecule has 0 aromatic carbocycles. The first-order valence-electron chi connectivity index (χ1n) is 8.63. The minimum absolute atomic E-state index is 0.0445. The van der Waals surface area contributed by atoms with E-state index in [-0.39, 0.29) is 11.9 Å². The van der Waals surface area contributed by atoms with Gasteiger partial charge in [0.15, 0.2) is 0 Å². The van der Waals surface area contributed by atoms with Crippen LogP contribution in [0.3, 0.4) is 0 Å². The van der Waals surface area contributed by atoms with Gasteiger partial charge < -0.3 is 10.1 Å². The Bertz CT molecular complexity index is 564. The molecule has 5 heteroatoms. The quantitative estimate of drug-likeness (QED) is 0.857. The van der Waals surface area contributed by atoms with Crippen molar-refractivity contribution in [3.8, 4) is 0 Å². The van der Waals surface area contributed by atoms with Gasteiger partial charge in [-0.3, -0.25) is 9.59 Å². The van der Waals surface area contributed by atoms with Crippen LogP contribution < -0.4 is 5.32 Å². The summed E-state index contributed by atoms with van der Waals surface area (Å²) in [4.78, 5) is 26.6. The molecule has 0 radical (unpaired) electrons. The Kier molecular flexibility index (Phi) is 5.05. The molecule has 0 unspecified atom stereocenters. The van der Waals surface area contributed by atoms with Crippen LogP contribution in [0.25, 0.3) is 0 Å². The molecule has 0 atom stereocenters. The maximum atomic E-state index is 12.5. The van der Waals surface area contributed by atoms with Crippen LogP contribution in [0.4, 0.5) is 0 Å². The smallest absolute Gasteiger partial charge is 0.313 e. The van der Waals surface area contributed by atoms with Crippen LogP contribution >= 0.6 is 11.3 Å². The molecule has 1 aromatic heterocycles. The van der Waals surface area contributed by atoms with E-state index < -0.39 is 5.41 Å². The fraction of sp³-hybridized carbons (Fsp3) is 0.667. The van der Waals surface area contributed by atoms with E-state index in [2.05, 4.69) is 11.4 Å². The number of hydrogen-bond donors (Lipinski definition) is 1. The van der Waals surface area contributed by atoms with Crippen molar-refractivity contribution in [2.24, 2.45) is 5.41 Å². The molecule has 0 aliphatic heterocycles. The maximum absolute atomic E-state index is 12.5. The van der Waals surface area contributed by atoms with Crippen molar-refractivity contribution >= 4 is 23.2 Å². The Morgan fingerprint density at radius 1 is 1.17 bits per heavy atom. The number of ether oxygens (including phenoxy) is 1. The van der Waals surface area contributed by atoms with Gasteiger partial charge in [0.25, 0.3) is 5.91 Å². The van der Waals surface area contributed by atoms with Gasteiger partial charge in [-0.2, -0.15) is 0 Å². The molecule has 2 aliphatic carbocycles. The van der Waals surface area contributed by atoms with Crippen molar-refractivity contribution < 1.29 is 14.3 Å². The van der Waals surface area contributed by atoms with Crippen molar-refractivity contribution in [3.63, 3.8) is 0 Å². The average molecular weight is 335 g/mol. The Morgan fingerprint density at radius 3 is 2.57 bits per heavy atom. The molecule has 1 fully saturated rings. The van der Waals surface area contributed by atoms with Crippen LogP contribution in [-0.4, -0.2) is 25.5 Å². The molecule has 0 bridgehead atoms. The van der Waals surface area contributed by atoms with Crippen molar-refractivity contribution in [2.45, 2.75) is 57.8 Å². The normalized spacial score (nSPS) is 19.7. The van der Waals surface area contributed by atoms with Crippen LogP contribution in [0.2, 0.25) is 0 Å². The number of aryl methyl sites for hydroxylation is 2. The van der Waals surface area contributed by atoms with Crippen LogP contribution in [0.5, 0.6) is 0 Å². The minimum Gasteiger partial charge on any atom is -0.469 e. The van der Waals surface area contributed by atoms with Crippen LogP contribution in [-0.2, 0) is 22.4 Å². The molecular weight excluding hydrogens is 310 g/mol. The summed E-state index contributed by atoms with van der Waals surface area (Å²) in [6, 6.07) is 2.06. The number of carbonyl (C=O) groups is 2. The first-order valence-corrected chi connectivity index (χ1v) is 9.44. The van der Waals surface area contributed by atoms with E-state index in [9.17, 15) is 9.59 Å². The van der Waals surface area contributed by atoms with Gasteiger partial charge in [-0.15, -0.1) is 11.3 Å². The van der Waals surface area contributed by atoms with Crippen molar-refractivity contribution in [3.05, 3.63) is 21.4 Å². The zero-order chi connectivity index (χ0) is 16.3. The number of methoxy groups -OCH3 is 1. The summed E-state index contributed by atoms with van der Waals surface area (Å²) in [6.45, 7) is 0.390. The summed E-state index contributed by atoms with van der Waals surface area (Å²) in [5.41, 5.74) is 0.863. The maximum Gasteiger partial charge on any atom is 0.313 e. The molecule has 0 spiro atoms. The molecule has 1 amide bonds. The lowest BCUT2D eigenvalue weighted by Gasteiger charge is -2.38. The number of amides is 1. The highest BCUT2D eigenvalue weighted by Gasteiger charge is 2.45. The Morgan fingerprint density at radius 2 is 1.91 bits per heavy atom. The monoisotopic (exact) mass is 335 g/mol. The van der Waals surface area contributed by atoms with Gasteiger partial charge in [-0.25, -0.2) is 0 Å². The van der Waals surface area contributed by atoms with E-state index in [0.29, 0.717) is 6.54 Å². The summed E-state index contributed by atoms with van der Waals surface area (Å²) in [7, 11) is 1.42. The zero-order valence-corrected chi connectivity index (χ0v) is 14.6. The second kappa shape index (κ2) is 7.04. The molecule has 2 aliphatic rings. The second-order valence-corrected chi connectivity index (χ2v) is 7.92. The molecule has 23 heavy (non-hydrogen) atoms.